The number of benzene rings is 1. The SMILES string of the molecule is CC1CN(S(=O)(=O)c2ccc(N)c(F)c2)CC1N(C)C. The molecule has 5 nitrogen and oxygen atoms in total. The predicted octanol–water partition coefficient (Wildman–Crippen LogP) is 0.979. The number of hydrogen-bond donors (Lipinski definition) is 1. The van der Waals surface area contributed by atoms with Crippen LogP contribution in [0.1, 0.15) is 6.92 Å². The Morgan fingerprint density at radius 3 is 2.50 bits per heavy atom. The van der Waals surface area contributed by atoms with Gasteiger partial charge in [-0.05, 0) is 38.2 Å². The van der Waals surface area contributed by atoms with Crippen molar-refractivity contribution in [3.05, 3.63) is 24.0 Å². The first-order chi connectivity index (χ1) is 9.23. The molecule has 0 aliphatic carbocycles. The van der Waals surface area contributed by atoms with Crippen molar-refractivity contribution in [2.24, 2.45) is 5.92 Å². The van der Waals surface area contributed by atoms with Crippen LogP contribution in [0.4, 0.5) is 10.1 Å². The maximum absolute atomic E-state index is 13.5. The Morgan fingerprint density at radius 1 is 1.35 bits per heavy atom. The van der Waals surface area contributed by atoms with Gasteiger partial charge in [-0.25, -0.2) is 12.8 Å². The van der Waals surface area contributed by atoms with Crippen molar-refractivity contribution >= 4 is 15.7 Å². The van der Waals surface area contributed by atoms with E-state index in [0.29, 0.717) is 13.1 Å². The molecule has 1 saturated heterocycles. The van der Waals surface area contributed by atoms with Crippen LogP contribution in [0.25, 0.3) is 0 Å². The fourth-order valence-electron chi connectivity index (χ4n) is 2.59. The number of sulfonamides is 1. The quantitative estimate of drug-likeness (QED) is 0.845. The van der Waals surface area contributed by atoms with Crippen molar-refractivity contribution in [2.45, 2.75) is 17.9 Å². The molecule has 0 amide bonds. The van der Waals surface area contributed by atoms with Crippen LogP contribution in [-0.2, 0) is 10.0 Å². The van der Waals surface area contributed by atoms with Crippen molar-refractivity contribution in [3.8, 4) is 0 Å². The second-order valence-electron chi connectivity index (χ2n) is 5.51. The van der Waals surface area contributed by atoms with E-state index in [1.165, 1.54) is 16.4 Å². The van der Waals surface area contributed by atoms with Gasteiger partial charge in [0.1, 0.15) is 5.82 Å². The maximum Gasteiger partial charge on any atom is 0.243 e. The summed E-state index contributed by atoms with van der Waals surface area (Å²) in [6, 6.07) is 3.79. The molecular weight excluding hydrogens is 281 g/mol. The van der Waals surface area contributed by atoms with Crippen LogP contribution in [0.3, 0.4) is 0 Å². The number of likely N-dealkylation sites (N-methyl/N-ethyl adjacent to an activating group) is 1. The summed E-state index contributed by atoms with van der Waals surface area (Å²) in [5, 5.41) is 0. The number of nitrogen functional groups attached to an aromatic ring is 1. The van der Waals surface area contributed by atoms with Crippen LogP contribution in [0.2, 0.25) is 0 Å². The third-order valence-electron chi connectivity index (χ3n) is 3.81. The molecule has 1 heterocycles. The van der Waals surface area contributed by atoms with Gasteiger partial charge in [-0.1, -0.05) is 6.92 Å². The monoisotopic (exact) mass is 301 g/mol. The van der Waals surface area contributed by atoms with Gasteiger partial charge in [-0.3, -0.25) is 0 Å². The van der Waals surface area contributed by atoms with Gasteiger partial charge in [-0.2, -0.15) is 4.31 Å². The Morgan fingerprint density at radius 2 is 2.00 bits per heavy atom. The molecule has 112 valence electrons. The third kappa shape index (κ3) is 2.65. The Labute approximate surface area is 119 Å². The summed E-state index contributed by atoms with van der Waals surface area (Å²) in [6.45, 7) is 2.88. The van der Waals surface area contributed by atoms with Gasteiger partial charge in [0, 0.05) is 19.1 Å². The second-order valence-corrected chi connectivity index (χ2v) is 7.45. The van der Waals surface area contributed by atoms with Gasteiger partial charge in [-0.15, -0.1) is 0 Å². The summed E-state index contributed by atoms with van der Waals surface area (Å²) in [5.74, 6) is -0.471. The summed E-state index contributed by atoms with van der Waals surface area (Å²) < 4.78 is 39.9. The van der Waals surface area contributed by atoms with Gasteiger partial charge in [0.15, 0.2) is 0 Å². The summed E-state index contributed by atoms with van der Waals surface area (Å²) in [4.78, 5) is 1.97. The minimum absolute atomic E-state index is 0.0455. The van der Waals surface area contributed by atoms with Gasteiger partial charge in [0.25, 0.3) is 0 Å². The zero-order valence-corrected chi connectivity index (χ0v) is 12.7. The van der Waals surface area contributed by atoms with Crippen LogP contribution in [0.15, 0.2) is 23.1 Å². The number of halogens is 1. The van der Waals surface area contributed by atoms with E-state index in [4.69, 9.17) is 5.73 Å². The zero-order chi connectivity index (χ0) is 15.1. The molecule has 2 N–H and O–H groups in total. The lowest BCUT2D eigenvalue weighted by molar-refractivity contribution is 0.263. The molecular formula is C13H20FN3O2S. The highest BCUT2D eigenvalue weighted by molar-refractivity contribution is 7.89. The lowest BCUT2D eigenvalue weighted by atomic mass is 10.1. The molecule has 20 heavy (non-hydrogen) atoms. The Balaban J connectivity index is 2.30. The molecule has 7 heteroatoms. The second kappa shape index (κ2) is 5.31. The van der Waals surface area contributed by atoms with Crippen LogP contribution in [-0.4, -0.2) is 50.8 Å². The highest BCUT2D eigenvalue weighted by Crippen LogP contribution is 2.27. The van der Waals surface area contributed by atoms with E-state index in [9.17, 15) is 12.8 Å². The standard InChI is InChI=1S/C13H20FN3O2S/c1-9-7-17(8-13(9)16(2)3)20(18,19)10-4-5-12(15)11(14)6-10/h4-6,9,13H,7-8,15H2,1-3H3. The highest BCUT2D eigenvalue weighted by atomic mass is 32.2. The van der Waals surface area contributed by atoms with Crippen LogP contribution in [0.5, 0.6) is 0 Å². The van der Waals surface area contributed by atoms with Crippen molar-refractivity contribution in [1.82, 2.24) is 9.21 Å². The molecule has 0 aromatic heterocycles. The van der Waals surface area contributed by atoms with Crippen molar-refractivity contribution in [1.29, 1.82) is 0 Å². The topological polar surface area (TPSA) is 66.6 Å². The van der Waals surface area contributed by atoms with E-state index >= 15 is 0 Å². The molecule has 0 radical (unpaired) electrons. The molecule has 1 aromatic rings. The largest absolute Gasteiger partial charge is 0.396 e. The summed E-state index contributed by atoms with van der Waals surface area (Å²) in [7, 11) is 0.195. The van der Waals surface area contributed by atoms with Crippen LogP contribution >= 0.6 is 0 Å². The minimum Gasteiger partial charge on any atom is -0.396 e. The predicted molar refractivity (Wildman–Crippen MR) is 76.2 cm³/mol. The van der Waals surface area contributed by atoms with Crippen molar-refractivity contribution in [3.63, 3.8) is 0 Å². The average molecular weight is 301 g/mol. The van der Waals surface area contributed by atoms with Gasteiger partial charge < -0.3 is 10.6 Å². The molecule has 2 rings (SSSR count). The maximum atomic E-state index is 13.5. The number of anilines is 1. The molecule has 2 atom stereocenters. The van der Waals surface area contributed by atoms with E-state index in [2.05, 4.69) is 0 Å². The molecule has 0 saturated carbocycles. The van der Waals surface area contributed by atoms with Crippen LogP contribution < -0.4 is 5.73 Å². The van der Waals surface area contributed by atoms with E-state index in [1.807, 2.05) is 25.9 Å². The number of nitrogens with two attached hydrogens (primary N) is 1. The minimum atomic E-state index is -3.67. The number of rotatable bonds is 3. The first-order valence-electron chi connectivity index (χ1n) is 6.45. The molecule has 0 bridgehead atoms. The first-order valence-corrected chi connectivity index (χ1v) is 7.89. The summed E-state index contributed by atoms with van der Waals surface area (Å²) >= 11 is 0. The number of nitrogens with zero attached hydrogens (tertiary/aromatic N) is 2. The lowest BCUT2D eigenvalue weighted by Gasteiger charge is -2.22. The molecule has 1 aromatic carbocycles. The van der Waals surface area contributed by atoms with Gasteiger partial charge in [0.05, 0.1) is 10.6 Å². The van der Waals surface area contributed by atoms with Gasteiger partial charge >= 0.3 is 0 Å². The summed E-state index contributed by atoms with van der Waals surface area (Å²) in [6.07, 6.45) is 0. The summed E-state index contributed by atoms with van der Waals surface area (Å²) in [5.41, 5.74) is 5.33. The van der Waals surface area contributed by atoms with Crippen LogP contribution in [0, 0.1) is 11.7 Å². The Bertz CT molecular complexity index is 604. The normalized spacial score (nSPS) is 24.4. The molecule has 1 fully saturated rings. The highest BCUT2D eigenvalue weighted by Gasteiger charge is 2.38. The average Bonchev–Trinajstić information content (AvgIpc) is 2.75. The lowest BCUT2D eigenvalue weighted by Crippen LogP contribution is -2.35. The van der Waals surface area contributed by atoms with Crippen molar-refractivity contribution < 1.29 is 12.8 Å². The molecule has 0 spiro atoms. The fraction of sp³-hybridized carbons (Fsp3) is 0.538. The van der Waals surface area contributed by atoms with E-state index in [0.717, 1.165) is 6.07 Å². The molecule has 1 aliphatic heterocycles. The Kier molecular flexibility index (Phi) is 4.04. The molecule has 1 aliphatic rings. The Hall–Kier alpha value is -1.18. The van der Waals surface area contributed by atoms with E-state index in [1.54, 1.807) is 0 Å². The van der Waals surface area contributed by atoms with Crippen molar-refractivity contribution in [2.75, 3.05) is 32.9 Å². The first kappa shape index (κ1) is 15.2. The van der Waals surface area contributed by atoms with E-state index < -0.39 is 15.8 Å². The smallest absolute Gasteiger partial charge is 0.243 e. The fourth-order valence-corrected chi connectivity index (χ4v) is 4.16. The number of hydrogen-bond acceptors (Lipinski definition) is 4. The molecule has 2 unspecified atom stereocenters. The van der Waals surface area contributed by atoms with Gasteiger partial charge in [0.2, 0.25) is 10.0 Å². The van der Waals surface area contributed by atoms with E-state index in [-0.39, 0.29) is 22.5 Å². The zero-order valence-electron chi connectivity index (χ0n) is 11.9. The third-order valence-corrected chi connectivity index (χ3v) is 5.64.